The molecule has 6 nitrogen and oxygen atoms in total. The second kappa shape index (κ2) is 5.14. The number of hydrogen-bond donors (Lipinski definition) is 1. The summed E-state index contributed by atoms with van der Waals surface area (Å²) in [7, 11) is 0. The number of aliphatic hydroxyl groups is 1. The third-order valence-corrected chi connectivity index (χ3v) is 2.87. The maximum Gasteiger partial charge on any atom is 0.399 e. The van der Waals surface area contributed by atoms with Crippen molar-refractivity contribution >= 4 is 5.97 Å². The Hall–Kier alpha value is -0.900. The largest absolute Gasteiger partial charge is 0.463 e. The van der Waals surface area contributed by atoms with E-state index in [1.165, 1.54) is 0 Å². The molecule has 0 aromatic heterocycles. The number of esters is 1. The van der Waals surface area contributed by atoms with Crippen molar-refractivity contribution in [3.8, 4) is 0 Å². The van der Waals surface area contributed by atoms with E-state index in [4.69, 9.17) is 14.2 Å². The van der Waals surface area contributed by atoms with Gasteiger partial charge in [-0.25, -0.2) is 0 Å². The molecule has 2 rings (SSSR count). The molecule has 4 atom stereocenters. The van der Waals surface area contributed by atoms with Crippen LogP contribution in [-0.2, 0) is 23.7 Å². The minimum absolute atomic E-state index is 0.490. The Kier molecular flexibility index (Phi) is 3.98. The van der Waals surface area contributed by atoms with E-state index in [1.807, 2.05) is 0 Å². The summed E-state index contributed by atoms with van der Waals surface area (Å²) in [6, 6.07) is 0. The molecular weight excluding hydrogens is 285 g/mol. The normalized spacial score (nSPS) is 35.9. The summed E-state index contributed by atoms with van der Waals surface area (Å²) in [4.78, 5) is 10.9. The lowest BCUT2D eigenvalue weighted by Gasteiger charge is -2.22. The third kappa shape index (κ3) is 3.60. The maximum atomic E-state index is 11.9. The van der Waals surface area contributed by atoms with Crippen molar-refractivity contribution < 1.29 is 42.0 Å². The molecule has 0 spiro atoms. The molecule has 9 heteroatoms. The maximum absolute atomic E-state index is 11.9. The molecule has 0 aliphatic carbocycles. The van der Waals surface area contributed by atoms with E-state index in [9.17, 15) is 23.1 Å². The zero-order chi connectivity index (χ0) is 15.1. The quantitative estimate of drug-likeness (QED) is 0.774. The molecule has 2 saturated heterocycles. The molecule has 0 aromatic carbocycles. The summed E-state index contributed by atoms with van der Waals surface area (Å²) in [5, 5.41) is 9.89. The second-order valence-electron chi connectivity index (χ2n) is 5.11. The SMILES string of the molecule is CC1(C)O[C@H]2O[C@H](COC(=O)CC(F)(F)F)[C@H](O)[C@H]2O1. The number of aliphatic hydroxyl groups excluding tert-OH is 1. The van der Waals surface area contributed by atoms with Crippen LogP contribution in [0.5, 0.6) is 0 Å². The highest BCUT2D eigenvalue weighted by Crippen LogP contribution is 2.37. The number of carbonyl (C=O) groups excluding carboxylic acids is 1. The molecule has 0 aromatic rings. The van der Waals surface area contributed by atoms with E-state index in [1.54, 1.807) is 13.8 Å². The van der Waals surface area contributed by atoms with Crippen LogP contribution in [0.25, 0.3) is 0 Å². The van der Waals surface area contributed by atoms with Crippen LogP contribution in [0.2, 0.25) is 0 Å². The van der Waals surface area contributed by atoms with Crippen LogP contribution in [0, 0.1) is 0 Å². The first-order valence-corrected chi connectivity index (χ1v) is 5.99. The van der Waals surface area contributed by atoms with Crippen molar-refractivity contribution in [2.24, 2.45) is 0 Å². The molecule has 0 amide bonds. The minimum Gasteiger partial charge on any atom is -0.463 e. The molecule has 0 bridgehead atoms. The molecule has 2 aliphatic heterocycles. The van der Waals surface area contributed by atoms with E-state index < -0.39 is 55.6 Å². The van der Waals surface area contributed by atoms with Gasteiger partial charge in [-0.15, -0.1) is 0 Å². The fraction of sp³-hybridized carbons (Fsp3) is 0.909. The molecule has 1 N–H and O–H groups in total. The second-order valence-corrected chi connectivity index (χ2v) is 5.11. The first-order valence-electron chi connectivity index (χ1n) is 5.99. The topological polar surface area (TPSA) is 74.2 Å². The van der Waals surface area contributed by atoms with Gasteiger partial charge in [0.1, 0.15) is 31.3 Å². The zero-order valence-electron chi connectivity index (χ0n) is 10.8. The number of hydrogen-bond acceptors (Lipinski definition) is 6. The third-order valence-electron chi connectivity index (χ3n) is 2.87. The highest BCUT2D eigenvalue weighted by molar-refractivity contribution is 5.70. The smallest absolute Gasteiger partial charge is 0.399 e. The average Bonchev–Trinajstić information content (AvgIpc) is 2.68. The summed E-state index contributed by atoms with van der Waals surface area (Å²) < 4.78 is 56.2. The first-order chi connectivity index (χ1) is 9.07. The number of fused-ring (bicyclic) bond motifs is 1. The Labute approximate surface area is 112 Å². The van der Waals surface area contributed by atoms with Crippen LogP contribution in [0.3, 0.4) is 0 Å². The predicted octanol–water partition coefficient (Wildman–Crippen LogP) is 0.719. The molecule has 116 valence electrons. The van der Waals surface area contributed by atoms with Crippen LogP contribution in [0.15, 0.2) is 0 Å². The van der Waals surface area contributed by atoms with Gasteiger partial charge in [-0.2, -0.15) is 13.2 Å². The van der Waals surface area contributed by atoms with E-state index in [0.29, 0.717) is 0 Å². The lowest BCUT2D eigenvalue weighted by Crippen LogP contribution is -2.37. The summed E-state index contributed by atoms with van der Waals surface area (Å²) in [5.41, 5.74) is 0. The van der Waals surface area contributed by atoms with Crippen molar-refractivity contribution in [1.82, 2.24) is 0 Å². The molecule has 2 aliphatic rings. The average molecular weight is 300 g/mol. The van der Waals surface area contributed by atoms with Crippen molar-refractivity contribution in [3.63, 3.8) is 0 Å². The predicted molar refractivity (Wildman–Crippen MR) is 56.3 cm³/mol. The lowest BCUT2D eigenvalue weighted by atomic mass is 10.1. The number of alkyl halides is 3. The van der Waals surface area contributed by atoms with Gasteiger partial charge in [-0.3, -0.25) is 4.79 Å². The summed E-state index contributed by atoms with van der Waals surface area (Å²) in [5.74, 6) is -2.33. The fourth-order valence-electron chi connectivity index (χ4n) is 2.09. The van der Waals surface area contributed by atoms with Crippen LogP contribution >= 0.6 is 0 Å². The van der Waals surface area contributed by atoms with Crippen molar-refractivity contribution in [1.29, 1.82) is 0 Å². The van der Waals surface area contributed by atoms with Crippen LogP contribution < -0.4 is 0 Å². The van der Waals surface area contributed by atoms with E-state index >= 15 is 0 Å². The first kappa shape index (κ1) is 15.5. The van der Waals surface area contributed by atoms with Gasteiger partial charge >= 0.3 is 12.1 Å². The van der Waals surface area contributed by atoms with Crippen molar-refractivity contribution in [3.05, 3.63) is 0 Å². The summed E-state index contributed by atoms with van der Waals surface area (Å²) in [6.45, 7) is 2.79. The van der Waals surface area contributed by atoms with Gasteiger partial charge in [0.2, 0.25) is 0 Å². The Morgan fingerprint density at radius 1 is 1.35 bits per heavy atom. The van der Waals surface area contributed by atoms with E-state index in [2.05, 4.69) is 4.74 Å². The number of carbonyl (C=O) groups is 1. The molecule has 0 saturated carbocycles. The summed E-state index contributed by atoms with van der Waals surface area (Å²) >= 11 is 0. The van der Waals surface area contributed by atoms with E-state index in [-0.39, 0.29) is 0 Å². The van der Waals surface area contributed by atoms with Crippen molar-refractivity contribution in [2.75, 3.05) is 6.61 Å². The Bertz CT molecular complexity index is 383. The van der Waals surface area contributed by atoms with Gasteiger partial charge in [-0.1, -0.05) is 0 Å². The molecule has 2 heterocycles. The fourth-order valence-corrected chi connectivity index (χ4v) is 2.09. The molecule has 2 fully saturated rings. The van der Waals surface area contributed by atoms with Gasteiger partial charge in [0.15, 0.2) is 12.1 Å². The molecule has 0 radical (unpaired) electrons. The Balaban J connectivity index is 1.81. The van der Waals surface area contributed by atoms with Crippen LogP contribution in [-0.4, -0.2) is 54.2 Å². The molecule has 0 unspecified atom stereocenters. The van der Waals surface area contributed by atoms with Gasteiger partial charge < -0.3 is 24.1 Å². The lowest BCUT2D eigenvalue weighted by molar-refractivity contribution is -0.221. The van der Waals surface area contributed by atoms with Crippen LogP contribution in [0.1, 0.15) is 20.3 Å². The monoisotopic (exact) mass is 300 g/mol. The van der Waals surface area contributed by atoms with Crippen LogP contribution in [0.4, 0.5) is 13.2 Å². The van der Waals surface area contributed by atoms with Gasteiger partial charge in [-0.05, 0) is 13.8 Å². The number of ether oxygens (including phenoxy) is 4. The summed E-state index contributed by atoms with van der Waals surface area (Å²) in [6.07, 6.45) is -10.00. The molecular formula is C11H15F3O6. The van der Waals surface area contributed by atoms with Gasteiger partial charge in [0.25, 0.3) is 0 Å². The van der Waals surface area contributed by atoms with E-state index in [0.717, 1.165) is 0 Å². The highest BCUT2D eigenvalue weighted by Gasteiger charge is 2.54. The highest BCUT2D eigenvalue weighted by atomic mass is 19.4. The van der Waals surface area contributed by atoms with Crippen molar-refractivity contribution in [2.45, 2.75) is 56.8 Å². The minimum atomic E-state index is -4.63. The Morgan fingerprint density at radius 2 is 2.00 bits per heavy atom. The molecule has 20 heavy (non-hydrogen) atoms. The standard InChI is InChI=1S/C11H15F3O6/c1-10(2)19-8-7(16)5(18-9(8)20-10)4-17-6(15)3-11(12,13)14/h5,7-9,16H,3-4H2,1-2H3/t5-,7+,8-,9-/m1/s1. The van der Waals surface area contributed by atoms with Gasteiger partial charge in [0.05, 0.1) is 0 Å². The Morgan fingerprint density at radius 3 is 2.55 bits per heavy atom. The number of halogens is 3. The zero-order valence-corrected chi connectivity index (χ0v) is 10.8. The number of rotatable bonds is 3. The van der Waals surface area contributed by atoms with Gasteiger partial charge in [0, 0.05) is 0 Å².